The monoisotopic (exact) mass is 450 g/mol. The average molecular weight is 451 g/mol. The summed E-state index contributed by atoms with van der Waals surface area (Å²) in [6, 6.07) is 16.1. The number of alkyl carbamates (subject to hydrolysis) is 1. The second-order valence-corrected chi connectivity index (χ2v) is 8.98. The molecule has 0 heterocycles. The number of benzene rings is 2. The smallest absolute Gasteiger partial charge is 0.407 e. The summed E-state index contributed by atoms with van der Waals surface area (Å²) in [5, 5.41) is 14.6. The van der Waals surface area contributed by atoms with Gasteiger partial charge in [0.2, 0.25) is 5.91 Å². The normalized spacial score (nSPS) is 19.5. The van der Waals surface area contributed by atoms with Gasteiger partial charge >= 0.3 is 12.1 Å². The Labute approximate surface area is 193 Å². The quantitative estimate of drug-likeness (QED) is 0.534. The summed E-state index contributed by atoms with van der Waals surface area (Å²) < 4.78 is 5.58. The van der Waals surface area contributed by atoms with E-state index in [4.69, 9.17) is 9.84 Å². The Morgan fingerprint density at radius 2 is 1.64 bits per heavy atom. The fourth-order valence-corrected chi connectivity index (χ4v) is 4.88. The van der Waals surface area contributed by atoms with Crippen LogP contribution in [0.15, 0.2) is 48.5 Å². The number of fused-ring (bicyclic) bond motifs is 3. The summed E-state index contributed by atoms with van der Waals surface area (Å²) in [4.78, 5) is 35.4. The second kappa shape index (κ2) is 10.1. The third-order valence-electron chi connectivity index (χ3n) is 6.65. The van der Waals surface area contributed by atoms with E-state index in [2.05, 4.69) is 34.9 Å². The Morgan fingerprint density at radius 1 is 1.03 bits per heavy atom. The van der Waals surface area contributed by atoms with Crippen LogP contribution in [0.5, 0.6) is 0 Å². The first-order valence-electron chi connectivity index (χ1n) is 11.6. The van der Waals surface area contributed by atoms with Gasteiger partial charge in [0.25, 0.3) is 0 Å². The summed E-state index contributed by atoms with van der Waals surface area (Å²) in [7, 11) is 0. The molecule has 7 heteroatoms. The second-order valence-electron chi connectivity index (χ2n) is 8.98. The minimum absolute atomic E-state index is 0.000516. The van der Waals surface area contributed by atoms with Crippen LogP contribution in [0.4, 0.5) is 4.79 Å². The molecule has 1 atom stereocenters. The number of carboxylic acid groups (broad SMARTS) is 1. The van der Waals surface area contributed by atoms with Gasteiger partial charge in [0.05, 0.1) is 6.42 Å². The van der Waals surface area contributed by atoms with E-state index in [0.29, 0.717) is 25.7 Å². The van der Waals surface area contributed by atoms with Crippen molar-refractivity contribution in [3.05, 3.63) is 59.7 Å². The molecule has 0 aliphatic heterocycles. The third-order valence-corrected chi connectivity index (χ3v) is 6.65. The van der Waals surface area contributed by atoms with Crippen molar-refractivity contribution in [3.8, 4) is 11.1 Å². The molecule has 2 aromatic rings. The van der Waals surface area contributed by atoms with E-state index in [-0.39, 0.29) is 42.9 Å². The van der Waals surface area contributed by atoms with Gasteiger partial charge in [-0.1, -0.05) is 55.5 Å². The Hall–Kier alpha value is -3.35. The molecule has 2 aliphatic rings. The van der Waals surface area contributed by atoms with Crippen LogP contribution in [0, 0.1) is 5.92 Å². The van der Waals surface area contributed by atoms with Gasteiger partial charge in [0, 0.05) is 24.4 Å². The molecule has 1 unspecified atom stereocenters. The van der Waals surface area contributed by atoms with Gasteiger partial charge in [-0.25, -0.2) is 4.79 Å². The summed E-state index contributed by atoms with van der Waals surface area (Å²) in [6.45, 7) is 2.13. The largest absolute Gasteiger partial charge is 0.481 e. The van der Waals surface area contributed by atoms with Crippen LogP contribution in [0.25, 0.3) is 11.1 Å². The number of aliphatic carboxylic acids is 1. The van der Waals surface area contributed by atoms with Crippen LogP contribution >= 0.6 is 0 Å². The number of nitrogens with one attached hydrogen (secondary N) is 2. The standard InChI is InChI=1S/C26H30N2O5/c1-2-17(14-25(30)31)27-24(29)13-16-11-18(12-16)28-26(32)33-15-23-21-9-5-3-7-19(21)20-8-4-6-10-22(20)23/h3-10,16-18,23H,2,11-15H2,1H3,(H,27,29)(H,28,32)(H,30,31). The molecule has 1 saturated carbocycles. The molecule has 4 rings (SSSR count). The van der Waals surface area contributed by atoms with Crippen molar-refractivity contribution < 1.29 is 24.2 Å². The van der Waals surface area contributed by atoms with E-state index in [0.717, 1.165) is 0 Å². The zero-order valence-electron chi connectivity index (χ0n) is 18.8. The minimum atomic E-state index is -0.918. The highest BCUT2D eigenvalue weighted by atomic mass is 16.5. The van der Waals surface area contributed by atoms with Crippen LogP contribution in [0.1, 0.15) is 56.1 Å². The highest BCUT2D eigenvalue weighted by Crippen LogP contribution is 2.44. The molecular weight excluding hydrogens is 420 g/mol. The molecule has 0 spiro atoms. The maximum Gasteiger partial charge on any atom is 0.407 e. The van der Waals surface area contributed by atoms with E-state index < -0.39 is 12.1 Å². The summed E-state index contributed by atoms with van der Waals surface area (Å²) in [6.07, 6.45) is 1.85. The molecule has 3 N–H and O–H groups in total. The molecule has 2 aliphatic carbocycles. The van der Waals surface area contributed by atoms with Crippen molar-refractivity contribution in [1.29, 1.82) is 0 Å². The third kappa shape index (κ3) is 5.35. The van der Waals surface area contributed by atoms with Crippen molar-refractivity contribution in [2.24, 2.45) is 5.92 Å². The molecule has 0 bridgehead atoms. The van der Waals surface area contributed by atoms with Gasteiger partial charge in [0.15, 0.2) is 0 Å². The number of amides is 2. The van der Waals surface area contributed by atoms with E-state index in [1.807, 2.05) is 31.2 Å². The number of hydrogen-bond acceptors (Lipinski definition) is 4. The molecule has 7 nitrogen and oxygen atoms in total. The zero-order chi connectivity index (χ0) is 23.4. The first-order chi connectivity index (χ1) is 15.9. The maximum absolute atomic E-state index is 12.4. The molecule has 0 radical (unpaired) electrons. The first-order valence-corrected chi connectivity index (χ1v) is 11.6. The number of carboxylic acids is 1. The van der Waals surface area contributed by atoms with Crippen molar-refractivity contribution in [3.63, 3.8) is 0 Å². The van der Waals surface area contributed by atoms with E-state index >= 15 is 0 Å². The average Bonchev–Trinajstić information content (AvgIpc) is 3.09. The highest BCUT2D eigenvalue weighted by Gasteiger charge is 2.33. The lowest BCUT2D eigenvalue weighted by molar-refractivity contribution is -0.137. The van der Waals surface area contributed by atoms with Crippen LogP contribution in [0.2, 0.25) is 0 Å². The van der Waals surface area contributed by atoms with Gasteiger partial charge in [0.1, 0.15) is 6.61 Å². The highest BCUT2D eigenvalue weighted by molar-refractivity contribution is 5.79. The molecule has 1 fully saturated rings. The predicted octanol–water partition coefficient (Wildman–Crippen LogP) is 4.06. The number of ether oxygens (including phenoxy) is 1. The summed E-state index contributed by atoms with van der Waals surface area (Å²) in [5.74, 6) is -0.838. The van der Waals surface area contributed by atoms with Gasteiger partial charge in [-0.05, 0) is 47.4 Å². The number of carbonyl (C=O) groups excluding carboxylic acids is 2. The molecule has 2 aromatic carbocycles. The van der Waals surface area contributed by atoms with Crippen LogP contribution in [-0.4, -0.2) is 41.8 Å². The van der Waals surface area contributed by atoms with Crippen LogP contribution in [0.3, 0.4) is 0 Å². The molecule has 0 aromatic heterocycles. The Morgan fingerprint density at radius 3 is 2.21 bits per heavy atom. The minimum Gasteiger partial charge on any atom is -0.481 e. The number of rotatable bonds is 9. The molecule has 174 valence electrons. The number of carbonyl (C=O) groups is 3. The van der Waals surface area contributed by atoms with Gasteiger partial charge in [-0.15, -0.1) is 0 Å². The van der Waals surface area contributed by atoms with Gasteiger partial charge in [-0.2, -0.15) is 0 Å². The van der Waals surface area contributed by atoms with Crippen LogP contribution in [-0.2, 0) is 14.3 Å². The van der Waals surface area contributed by atoms with Crippen molar-refractivity contribution in [2.45, 2.75) is 57.0 Å². The van der Waals surface area contributed by atoms with Crippen LogP contribution < -0.4 is 10.6 Å². The van der Waals surface area contributed by atoms with E-state index in [9.17, 15) is 14.4 Å². The zero-order valence-corrected chi connectivity index (χ0v) is 18.8. The van der Waals surface area contributed by atoms with E-state index in [1.165, 1.54) is 22.3 Å². The summed E-state index contributed by atoms with van der Waals surface area (Å²) in [5.41, 5.74) is 4.73. The fourth-order valence-electron chi connectivity index (χ4n) is 4.88. The van der Waals surface area contributed by atoms with Gasteiger partial charge < -0.3 is 20.5 Å². The van der Waals surface area contributed by atoms with Crippen molar-refractivity contribution >= 4 is 18.0 Å². The van der Waals surface area contributed by atoms with Gasteiger partial charge in [-0.3, -0.25) is 9.59 Å². The maximum atomic E-state index is 12.4. The lowest BCUT2D eigenvalue weighted by Crippen LogP contribution is -2.46. The van der Waals surface area contributed by atoms with Crippen molar-refractivity contribution in [2.75, 3.05) is 6.61 Å². The number of hydrogen-bond donors (Lipinski definition) is 3. The van der Waals surface area contributed by atoms with E-state index in [1.54, 1.807) is 0 Å². The molecule has 33 heavy (non-hydrogen) atoms. The fraction of sp³-hybridized carbons (Fsp3) is 0.423. The SMILES string of the molecule is CCC(CC(=O)O)NC(=O)CC1CC(NC(=O)OCC2c3ccccc3-c3ccccc32)C1. The lowest BCUT2D eigenvalue weighted by Gasteiger charge is -2.35. The molecule has 2 amide bonds. The summed E-state index contributed by atoms with van der Waals surface area (Å²) >= 11 is 0. The van der Waals surface area contributed by atoms with Crippen molar-refractivity contribution in [1.82, 2.24) is 10.6 Å². The lowest BCUT2D eigenvalue weighted by atomic mass is 9.78. The Balaban J connectivity index is 1.21. The predicted molar refractivity (Wildman–Crippen MR) is 124 cm³/mol. The topological polar surface area (TPSA) is 105 Å². The Kier molecular flexibility index (Phi) is 6.96. The Bertz CT molecular complexity index is 985. The molecular formula is C26H30N2O5. The first kappa shape index (κ1) is 22.8. The molecule has 0 saturated heterocycles.